The second-order valence-corrected chi connectivity index (χ2v) is 5.58. The summed E-state index contributed by atoms with van der Waals surface area (Å²) in [5.74, 6) is 0.430. The zero-order valence-corrected chi connectivity index (χ0v) is 11.7. The van der Waals surface area contributed by atoms with Gasteiger partial charge in [-0.3, -0.25) is 0 Å². The zero-order valence-electron chi connectivity index (χ0n) is 10.1. The van der Waals surface area contributed by atoms with Crippen LogP contribution in [0.25, 0.3) is 0 Å². The van der Waals surface area contributed by atoms with E-state index >= 15 is 0 Å². The minimum Gasteiger partial charge on any atom is -0.506 e. The van der Waals surface area contributed by atoms with Crippen LogP contribution in [0, 0.1) is 0 Å². The third kappa shape index (κ3) is 2.83. The molecule has 17 heavy (non-hydrogen) atoms. The molecular weight excluding hydrogens is 278 g/mol. The number of phenolic OH excluding ortho intramolecular Hbond substituents is 1. The molecule has 1 aliphatic rings. The number of aromatic hydroxyl groups is 1. The number of aryl methyl sites for hydroxylation is 2. The number of benzene rings is 1. The van der Waals surface area contributed by atoms with Gasteiger partial charge < -0.3 is 10.8 Å². The maximum absolute atomic E-state index is 10.2. The summed E-state index contributed by atoms with van der Waals surface area (Å²) in [4.78, 5) is 0. The molecule has 0 atom stereocenters. The molecule has 0 saturated heterocycles. The van der Waals surface area contributed by atoms with E-state index in [-0.39, 0.29) is 0 Å². The predicted molar refractivity (Wildman–Crippen MR) is 74.4 cm³/mol. The summed E-state index contributed by atoms with van der Waals surface area (Å²) in [5, 5.41) is 10.2. The molecule has 1 aromatic carbocycles. The lowest BCUT2D eigenvalue weighted by molar-refractivity contribution is 0.462. The van der Waals surface area contributed by atoms with Gasteiger partial charge in [0.2, 0.25) is 0 Å². The Bertz CT molecular complexity index is 404. The Morgan fingerprint density at radius 2 is 2.00 bits per heavy atom. The Balaban J connectivity index is 2.36. The van der Waals surface area contributed by atoms with E-state index < -0.39 is 0 Å². The molecule has 0 amide bonds. The van der Waals surface area contributed by atoms with Crippen LogP contribution in [0.5, 0.6) is 5.75 Å². The van der Waals surface area contributed by atoms with Crippen molar-refractivity contribution in [2.45, 2.75) is 44.9 Å². The van der Waals surface area contributed by atoms with Crippen LogP contribution < -0.4 is 5.73 Å². The SMILES string of the molecule is NCCCc1cc2c(c(Br)c1O)CCCCC2. The molecule has 0 bridgehead atoms. The van der Waals surface area contributed by atoms with Crippen LogP contribution in [0.15, 0.2) is 10.5 Å². The standard InChI is InChI=1S/C14H20BrNO/c15-13-12-7-3-1-2-5-10(12)9-11(14(13)17)6-4-8-16/h9,17H,1-8,16H2. The second kappa shape index (κ2) is 5.87. The Labute approximate surface area is 111 Å². The molecule has 0 spiro atoms. The first kappa shape index (κ1) is 12.9. The summed E-state index contributed by atoms with van der Waals surface area (Å²) < 4.78 is 0.920. The van der Waals surface area contributed by atoms with Crippen molar-refractivity contribution >= 4 is 15.9 Å². The topological polar surface area (TPSA) is 46.2 Å². The first-order chi connectivity index (χ1) is 8.24. The largest absolute Gasteiger partial charge is 0.506 e. The minimum atomic E-state index is 0.430. The van der Waals surface area contributed by atoms with E-state index in [0.29, 0.717) is 12.3 Å². The van der Waals surface area contributed by atoms with Crippen molar-refractivity contribution < 1.29 is 5.11 Å². The normalized spacial score (nSPS) is 15.4. The van der Waals surface area contributed by atoms with Crippen molar-refractivity contribution in [3.05, 3.63) is 27.2 Å². The summed E-state index contributed by atoms with van der Waals surface area (Å²) in [6.45, 7) is 0.675. The molecule has 0 aliphatic heterocycles. The van der Waals surface area contributed by atoms with E-state index in [9.17, 15) is 5.11 Å². The molecule has 2 rings (SSSR count). The highest BCUT2D eigenvalue weighted by Gasteiger charge is 2.17. The summed E-state index contributed by atoms with van der Waals surface area (Å²) in [5.41, 5.74) is 9.31. The van der Waals surface area contributed by atoms with Gasteiger partial charge in [-0.15, -0.1) is 0 Å². The van der Waals surface area contributed by atoms with Crippen LogP contribution in [-0.4, -0.2) is 11.7 Å². The summed E-state index contributed by atoms with van der Waals surface area (Å²) >= 11 is 3.56. The summed E-state index contributed by atoms with van der Waals surface area (Å²) in [7, 11) is 0. The highest BCUT2D eigenvalue weighted by molar-refractivity contribution is 9.10. The number of hydrogen-bond acceptors (Lipinski definition) is 2. The average molecular weight is 298 g/mol. The Hall–Kier alpha value is -0.540. The van der Waals surface area contributed by atoms with Gasteiger partial charge in [0.1, 0.15) is 5.75 Å². The predicted octanol–water partition coefficient (Wildman–Crippen LogP) is 3.31. The van der Waals surface area contributed by atoms with Crippen molar-refractivity contribution in [3.8, 4) is 5.75 Å². The molecule has 0 heterocycles. The molecule has 3 heteroatoms. The van der Waals surface area contributed by atoms with E-state index in [2.05, 4.69) is 22.0 Å². The number of rotatable bonds is 3. The molecule has 0 radical (unpaired) electrons. The summed E-state index contributed by atoms with van der Waals surface area (Å²) in [6, 6.07) is 2.19. The van der Waals surface area contributed by atoms with Gasteiger partial charge >= 0.3 is 0 Å². The Morgan fingerprint density at radius 3 is 2.76 bits per heavy atom. The lowest BCUT2D eigenvalue weighted by Crippen LogP contribution is -2.02. The maximum Gasteiger partial charge on any atom is 0.133 e. The van der Waals surface area contributed by atoms with Crippen molar-refractivity contribution in [3.63, 3.8) is 0 Å². The van der Waals surface area contributed by atoms with Gasteiger partial charge in [-0.25, -0.2) is 0 Å². The molecule has 1 aliphatic carbocycles. The van der Waals surface area contributed by atoms with Crippen molar-refractivity contribution in [2.24, 2.45) is 5.73 Å². The fraction of sp³-hybridized carbons (Fsp3) is 0.571. The van der Waals surface area contributed by atoms with Crippen molar-refractivity contribution in [1.29, 1.82) is 0 Å². The van der Waals surface area contributed by atoms with Crippen molar-refractivity contribution in [1.82, 2.24) is 0 Å². The van der Waals surface area contributed by atoms with Crippen molar-refractivity contribution in [2.75, 3.05) is 6.54 Å². The van der Waals surface area contributed by atoms with Gasteiger partial charge in [0.25, 0.3) is 0 Å². The number of hydrogen-bond donors (Lipinski definition) is 2. The molecule has 94 valence electrons. The van der Waals surface area contributed by atoms with Crippen LogP contribution in [0.3, 0.4) is 0 Å². The molecule has 1 aromatic rings. The smallest absolute Gasteiger partial charge is 0.133 e. The molecule has 0 unspecified atom stereocenters. The highest BCUT2D eigenvalue weighted by Crippen LogP contribution is 2.37. The molecule has 0 saturated carbocycles. The average Bonchev–Trinajstić information content (AvgIpc) is 2.57. The third-order valence-electron chi connectivity index (χ3n) is 3.54. The summed E-state index contributed by atoms with van der Waals surface area (Å²) in [6.07, 6.45) is 7.81. The lowest BCUT2D eigenvalue weighted by Gasteiger charge is -2.14. The van der Waals surface area contributed by atoms with Gasteiger partial charge in [-0.1, -0.05) is 12.5 Å². The van der Waals surface area contributed by atoms with Gasteiger partial charge in [0, 0.05) is 0 Å². The van der Waals surface area contributed by atoms with Gasteiger partial charge in [-0.2, -0.15) is 0 Å². The van der Waals surface area contributed by atoms with Crippen LogP contribution in [0.1, 0.15) is 42.4 Å². The van der Waals surface area contributed by atoms with E-state index in [1.807, 2.05) is 0 Å². The zero-order chi connectivity index (χ0) is 12.3. The minimum absolute atomic E-state index is 0.430. The number of fused-ring (bicyclic) bond motifs is 1. The first-order valence-electron chi connectivity index (χ1n) is 6.46. The lowest BCUT2D eigenvalue weighted by atomic mass is 9.97. The van der Waals surface area contributed by atoms with Gasteiger partial charge in [-0.05, 0) is 77.7 Å². The molecule has 0 fully saturated rings. The first-order valence-corrected chi connectivity index (χ1v) is 7.25. The number of phenols is 1. The van der Waals surface area contributed by atoms with Crippen LogP contribution in [0.4, 0.5) is 0 Å². The maximum atomic E-state index is 10.2. The molecular formula is C14H20BrNO. The van der Waals surface area contributed by atoms with Crippen LogP contribution in [0.2, 0.25) is 0 Å². The van der Waals surface area contributed by atoms with Crippen LogP contribution >= 0.6 is 15.9 Å². The van der Waals surface area contributed by atoms with Gasteiger partial charge in [0.05, 0.1) is 4.47 Å². The van der Waals surface area contributed by atoms with Crippen LogP contribution in [-0.2, 0) is 19.3 Å². The quantitative estimate of drug-likeness (QED) is 0.841. The molecule has 0 aromatic heterocycles. The highest BCUT2D eigenvalue weighted by atomic mass is 79.9. The Morgan fingerprint density at radius 1 is 1.24 bits per heavy atom. The second-order valence-electron chi connectivity index (χ2n) is 4.79. The molecule has 3 N–H and O–H groups in total. The Kier molecular flexibility index (Phi) is 4.46. The fourth-order valence-electron chi connectivity index (χ4n) is 2.56. The monoisotopic (exact) mass is 297 g/mol. The number of halogens is 1. The van der Waals surface area contributed by atoms with E-state index in [1.165, 1.54) is 30.4 Å². The number of nitrogens with two attached hydrogens (primary N) is 1. The van der Waals surface area contributed by atoms with Gasteiger partial charge in [0.15, 0.2) is 0 Å². The third-order valence-corrected chi connectivity index (χ3v) is 4.39. The van der Waals surface area contributed by atoms with E-state index in [1.54, 1.807) is 0 Å². The molecule has 2 nitrogen and oxygen atoms in total. The van der Waals surface area contributed by atoms with E-state index in [4.69, 9.17) is 5.73 Å². The fourth-order valence-corrected chi connectivity index (χ4v) is 3.27. The van der Waals surface area contributed by atoms with E-state index in [0.717, 1.165) is 35.7 Å².